The number of rotatable bonds is 4. The van der Waals surface area contributed by atoms with Crippen LogP contribution in [0.5, 0.6) is 0 Å². The molecule has 1 nitrogen and oxygen atoms in total. The van der Waals surface area contributed by atoms with E-state index in [2.05, 4.69) is 81.5 Å². The van der Waals surface area contributed by atoms with Gasteiger partial charge in [0.05, 0.1) is 0 Å². The Bertz CT molecular complexity index is 495. The van der Waals surface area contributed by atoms with Crippen LogP contribution in [0.2, 0.25) is 0 Å². The molecule has 0 saturated carbocycles. The number of nitrogens with one attached hydrogen (secondary N) is 1. The van der Waals surface area contributed by atoms with Crippen molar-refractivity contribution >= 4 is 0 Å². The summed E-state index contributed by atoms with van der Waals surface area (Å²) in [6.07, 6.45) is 0. The fourth-order valence-corrected chi connectivity index (χ4v) is 2.70. The molecule has 0 heterocycles. The quantitative estimate of drug-likeness (QED) is 0.831. The summed E-state index contributed by atoms with van der Waals surface area (Å²) >= 11 is 0. The van der Waals surface area contributed by atoms with E-state index in [4.69, 9.17) is 0 Å². The molecule has 0 amide bonds. The Hall–Kier alpha value is -1.60. The fraction of sp³-hybridized carbons (Fsp3) is 0.333. The minimum atomic E-state index is 0.357. The van der Waals surface area contributed by atoms with Gasteiger partial charge in [0, 0.05) is 12.1 Å². The van der Waals surface area contributed by atoms with Crippen molar-refractivity contribution in [1.29, 1.82) is 0 Å². The molecule has 0 saturated heterocycles. The zero-order valence-electron chi connectivity index (χ0n) is 12.3. The summed E-state index contributed by atoms with van der Waals surface area (Å²) in [5.41, 5.74) is 5.45. The molecule has 2 aromatic carbocycles. The lowest BCUT2D eigenvalue weighted by Gasteiger charge is -2.23. The zero-order chi connectivity index (χ0) is 13.8. The summed E-state index contributed by atoms with van der Waals surface area (Å²) in [6, 6.07) is 17.9. The highest BCUT2D eigenvalue weighted by atomic mass is 14.9. The standard InChI is InChI=1S/C18H23N/c1-13-9-5-7-11-17(13)15(3)19-16(4)18-12-8-6-10-14(18)2/h5-12,15-16,19H,1-4H3/t15-,16?/m0/s1. The van der Waals surface area contributed by atoms with Crippen LogP contribution in [0.4, 0.5) is 0 Å². The first-order chi connectivity index (χ1) is 9.09. The van der Waals surface area contributed by atoms with Crippen LogP contribution in [0, 0.1) is 13.8 Å². The maximum atomic E-state index is 3.69. The van der Waals surface area contributed by atoms with Gasteiger partial charge in [-0.25, -0.2) is 0 Å². The third kappa shape index (κ3) is 3.24. The third-order valence-electron chi connectivity index (χ3n) is 3.81. The van der Waals surface area contributed by atoms with Crippen molar-refractivity contribution in [3.05, 3.63) is 70.8 Å². The van der Waals surface area contributed by atoms with E-state index in [0.29, 0.717) is 12.1 Å². The average Bonchev–Trinajstić information content (AvgIpc) is 2.39. The van der Waals surface area contributed by atoms with Crippen LogP contribution in [0.15, 0.2) is 48.5 Å². The lowest BCUT2D eigenvalue weighted by atomic mass is 9.98. The third-order valence-corrected chi connectivity index (χ3v) is 3.81. The van der Waals surface area contributed by atoms with Gasteiger partial charge in [0.1, 0.15) is 0 Å². The van der Waals surface area contributed by atoms with E-state index in [9.17, 15) is 0 Å². The fourth-order valence-electron chi connectivity index (χ4n) is 2.70. The van der Waals surface area contributed by atoms with E-state index < -0.39 is 0 Å². The zero-order valence-corrected chi connectivity index (χ0v) is 12.3. The van der Waals surface area contributed by atoms with Crippen LogP contribution in [0.25, 0.3) is 0 Å². The Morgan fingerprint density at radius 2 is 1.05 bits per heavy atom. The van der Waals surface area contributed by atoms with E-state index in [1.54, 1.807) is 0 Å². The molecule has 0 bridgehead atoms. The topological polar surface area (TPSA) is 12.0 Å². The summed E-state index contributed by atoms with van der Waals surface area (Å²) in [5.74, 6) is 0. The normalized spacial score (nSPS) is 14.1. The maximum absolute atomic E-state index is 3.69. The average molecular weight is 253 g/mol. The highest BCUT2D eigenvalue weighted by Crippen LogP contribution is 2.23. The number of hydrogen-bond donors (Lipinski definition) is 1. The number of benzene rings is 2. The molecule has 0 spiro atoms. The second-order valence-corrected chi connectivity index (χ2v) is 5.32. The highest BCUT2D eigenvalue weighted by molar-refractivity contribution is 5.31. The largest absolute Gasteiger partial charge is 0.304 e. The molecular weight excluding hydrogens is 230 g/mol. The molecule has 0 aliphatic carbocycles. The van der Waals surface area contributed by atoms with Crippen molar-refractivity contribution in [3.63, 3.8) is 0 Å². The van der Waals surface area contributed by atoms with Gasteiger partial charge in [-0.3, -0.25) is 0 Å². The number of aryl methyl sites for hydroxylation is 2. The van der Waals surface area contributed by atoms with Crippen molar-refractivity contribution in [3.8, 4) is 0 Å². The highest BCUT2D eigenvalue weighted by Gasteiger charge is 2.13. The smallest absolute Gasteiger partial charge is 0.0300 e. The summed E-state index contributed by atoms with van der Waals surface area (Å²) in [4.78, 5) is 0. The lowest BCUT2D eigenvalue weighted by molar-refractivity contribution is 0.492. The molecule has 19 heavy (non-hydrogen) atoms. The second kappa shape index (κ2) is 6.03. The Morgan fingerprint density at radius 3 is 1.42 bits per heavy atom. The molecule has 1 N–H and O–H groups in total. The first kappa shape index (κ1) is 13.8. The molecule has 1 heteroatoms. The monoisotopic (exact) mass is 253 g/mol. The molecule has 2 rings (SSSR count). The summed E-state index contributed by atoms with van der Waals surface area (Å²) in [6.45, 7) is 8.81. The van der Waals surface area contributed by atoms with Crippen LogP contribution >= 0.6 is 0 Å². The van der Waals surface area contributed by atoms with E-state index in [1.807, 2.05) is 0 Å². The summed E-state index contributed by atoms with van der Waals surface area (Å²) < 4.78 is 0. The van der Waals surface area contributed by atoms with E-state index in [1.165, 1.54) is 22.3 Å². The van der Waals surface area contributed by atoms with Gasteiger partial charge in [-0.2, -0.15) is 0 Å². The molecular formula is C18H23N. The lowest BCUT2D eigenvalue weighted by Crippen LogP contribution is -2.23. The van der Waals surface area contributed by atoms with Crippen molar-refractivity contribution in [2.75, 3.05) is 0 Å². The van der Waals surface area contributed by atoms with E-state index in [-0.39, 0.29) is 0 Å². The van der Waals surface area contributed by atoms with Gasteiger partial charge < -0.3 is 5.32 Å². The predicted octanol–water partition coefficient (Wildman–Crippen LogP) is 4.72. The van der Waals surface area contributed by atoms with Gasteiger partial charge in [0.25, 0.3) is 0 Å². The van der Waals surface area contributed by atoms with Crippen LogP contribution < -0.4 is 5.32 Å². The SMILES string of the molecule is Cc1ccccc1C(C)N[C@@H](C)c1ccccc1C. The molecule has 0 aromatic heterocycles. The van der Waals surface area contributed by atoms with Gasteiger partial charge in [0.15, 0.2) is 0 Å². The van der Waals surface area contributed by atoms with E-state index in [0.717, 1.165) is 0 Å². The summed E-state index contributed by atoms with van der Waals surface area (Å²) in [7, 11) is 0. The van der Waals surface area contributed by atoms with Crippen molar-refractivity contribution in [2.45, 2.75) is 39.8 Å². The van der Waals surface area contributed by atoms with E-state index >= 15 is 0 Å². The molecule has 0 aliphatic rings. The van der Waals surface area contributed by atoms with Gasteiger partial charge in [-0.05, 0) is 49.9 Å². The molecule has 0 aliphatic heterocycles. The van der Waals surface area contributed by atoms with Gasteiger partial charge >= 0.3 is 0 Å². The molecule has 0 radical (unpaired) electrons. The second-order valence-electron chi connectivity index (χ2n) is 5.32. The minimum absolute atomic E-state index is 0.357. The maximum Gasteiger partial charge on any atom is 0.0300 e. The van der Waals surface area contributed by atoms with Crippen molar-refractivity contribution < 1.29 is 0 Å². The van der Waals surface area contributed by atoms with Crippen LogP contribution in [-0.2, 0) is 0 Å². The number of hydrogen-bond acceptors (Lipinski definition) is 1. The van der Waals surface area contributed by atoms with Crippen molar-refractivity contribution in [1.82, 2.24) is 5.32 Å². The van der Waals surface area contributed by atoms with Crippen LogP contribution in [-0.4, -0.2) is 0 Å². The molecule has 100 valence electrons. The Morgan fingerprint density at radius 1 is 0.684 bits per heavy atom. The Kier molecular flexibility index (Phi) is 4.39. The van der Waals surface area contributed by atoms with Crippen LogP contribution in [0.1, 0.15) is 48.2 Å². The first-order valence-electron chi connectivity index (χ1n) is 6.96. The molecule has 2 atom stereocenters. The summed E-state index contributed by atoms with van der Waals surface area (Å²) in [5, 5.41) is 3.69. The molecule has 0 fully saturated rings. The Labute approximate surface area is 116 Å². The van der Waals surface area contributed by atoms with Gasteiger partial charge in [-0.15, -0.1) is 0 Å². The predicted molar refractivity (Wildman–Crippen MR) is 82.3 cm³/mol. The van der Waals surface area contributed by atoms with Gasteiger partial charge in [0.2, 0.25) is 0 Å². The Balaban J connectivity index is 2.13. The first-order valence-corrected chi connectivity index (χ1v) is 6.96. The molecule has 2 aromatic rings. The molecule has 1 unspecified atom stereocenters. The minimum Gasteiger partial charge on any atom is -0.304 e. The van der Waals surface area contributed by atoms with Crippen molar-refractivity contribution in [2.24, 2.45) is 0 Å². The van der Waals surface area contributed by atoms with Crippen LogP contribution in [0.3, 0.4) is 0 Å². The van der Waals surface area contributed by atoms with Gasteiger partial charge in [-0.1, -0.05) is 48.5 Å².